The molecule has 0 aromatic heterocycles. The number of amides is 2. The molecular formula is C22H28ClFN4O4S. The minimum Gasteiger partial charge on any atom is -0.357 e. The number of anilines is 1. The molecule has 2 rings (SSSR count). The zero-order valence-electron chi connectivity index (χ0n) is 19.0. The van der Waals surface area contributed by atoms with E-state index in [0.29, 0.717) is 14.9 Å². The lowest BCUT2D eigenvalue weighted by Crippen LogP contribution is -2.53. The summed E-state index contributed by atoms with van der Waals surface area (Å²) in [5.74, 6) is -1.89. The molecule has 0 heterocycles. The first-order chi connectivity index (χ1) is 15.5. The summed E-state index contributed by atoms with van der Waals surface area (Å²) >= 11 is 6.27. The Morgan fingerprint density at radius 3 is 2.24 bits per heavy atom. The second-order valence-electron chi connectivity index (χ2n) is 7.40. The number of carbonyl (C=O) groups is 2. The van der Waals surface area contributed by atoms with E-state index >= 15 is 0 Å². The predicted octanol–water partition coefficient (Wildman–Crippen LogP) is 2.65. The van der Waals surface area contributed by atoms with Crippen LogP contribution < -0.4 is 9.62 Å². The monoisotopic (exact) mass is 498 g/mol. The van der Waals surface area contributed by atoms with Gasteiger partial charge in [-0.1, -0.05) is 48.9 Å². The van der Waals surface area contributed by atoms with Gasteiger partial charge in [-0.2, -0.15) is 12.7 Å². The van der Waals surface area contributed by atoms with Crippen molar-refractivity contribution >= 4 is 39.3 Å². The summed E-state index contributed by atoms with van der Waals surface area (Å²) in [6.07, 6.45) is 0.274. The van der Waals surface area contributed by atoms with Gasteiger partial charge in [0, 0.05) is 32.7 Å². The first kappa shape index (κ1) is 26.6. The fourth-order valence-electron chi connectivity index (χ4n) is 3.25. The average molecular weight is 499 g/mol. The Hall–Kier alpha value is -2.69. The zero-order chi connectivity index (χ0) is 24.8. The van der Waals surface area contributed by atoms with Crippen LogP contribution >= 0.6 is 11.6 Å². The van der Waals surface area contributed by atoms with Gasteiger partial charge in [-0.05, 0) is 30.2 Å². The SMILES string of the molecule is CC[C@@H](C(=O)NC)N(Cc1ccccc1Cl)C(=O)CN(c1ccccc1F)S(=O)(=O)N(C)C. The van der Waals surface area contributed by atoms with E-state index in [0.717, 1.165) is 10.4 Å². The molecule has 33 heavy (non-hydrogen) atoms. The molecule has 0 saturated heterocycles. The molecule has 1 atom stereocenters. The van der Waals surface area contributed by atoms with Gasteiger partial charge < -0.3 is 10.2 Å². The van der Waals surface area contributed by atoms with Gasteiger partial charge in [-0.15, -0.1) is 0 Å². The number of nitrogens with one attached hydrogen (secondary N) is 1. The van der Waals surface area contributed by atoms with E-state index < -0.39 is 40.4 Å². The summed E-state index contributed by atoms with van der Waals surface area (Å²) in [5.41, 5.74) is 0.313. The normalized spacial score (nSPS) is 12.3. The van der Waals surface area contributed by atoms with Gasteiger partial charge in [0.05, 0.1) is 5.69 Å². The second kappa shape index (κ2) is 11.4. The standard InChI is InChI=1S/C22H28ClFN4O4S/c1-5-19(22(30)25-2)27(14-16-10-6-7-11-17(16)23)21(29)15-28(33(31,32)26(3)4)20-13-9-8-12-18(20)24/h6-13,19H,5,14-15H2,1-4H3,(H,25,30)/t19-/m0/s1. The highest BCUT2D eigenvalue weighted by Crippen LogP contribution is 2.25. The Bertz CT molecular complexity index is 1100. The molecule has 0 aliphatic heterocycles. The Labute approximate surface area is 199 Å². The lowest BCUT2D eigenvalue weighted by atomic mass is 10.1. The summed E-state index contributed by atoms with van der Waals surface area (Å²) < 4.78 is 42.1. The molecule has 11 heteroatoms. The smallest absolute Gasteiger partial charge is 0.304 e. The van der Waals surface area contributed by atoms with Gasteiger partial charge in [0.15, 0.2) is 0 Å². The number of hydrogen-bond acceptors (Lipinski definition) is 4. The van der Waals surface area contributed by atoms with Crippen molar-refractivity contribution < 1.29 is 22.4 Å². The number of carbonyl (C=O) groups excluding carboxylic acids is 2. The molecule has 2 aromatic rings. The van der Waals surface area contributed by atoms with E-state index in [2.05, 4.69) is 5.32 Å². The summed E-state index contributed by atoms with van der Waals surface area (Å²) in [4.78, 5) is 27.3. The highest BCUT2D eigenvalue weighted by atomic mass is 35.5. The van der Waals surface area contributed by atoms with Crippen molar-refractivity contribution in [2.24, 2.45) is 0 Å². The van der Waals surface area contributed by atoms with Gasteiger partial charge in [-0.25, -0.2) is 8.70 Å². The number of para-hydroxylation sites is 1. The maximum Gasteiger partial charge on any atom is 0.304 e. The van der Waals surface area contributed by atoms with Crippen LogP contribution in [0, 0.1) is 5.82 Å². The van der Waals surface area contributed by atoms with Gasteiger partial charge in [0.25, 0.3) is 0 Å². The molecule has 1 N–H and O–H groups in total. The Morgan fingerprint density at radius 1 is 1.09 bits per heavy atom. The van der Waals surface area contributed by atoms with Crippen LogP contribution in [0.4, 0.5) is 10.1 Å². The molecule has 180 valence electrons. The maximum absolute atomic E-state index is 14.6. The molecule has 0 unspecified atom stereocenters. The van der Waals surface area contributed by atoms with Crippen LogP contribution in [0.1, 0.15) is 18.9 Å². The van der Waals surface area contributed by atoms with Gasteiger partial charge >= 0.3 is 10.2 Å². The van der Waals surface area contributed by atoms with Crippen molar-refractivity contribution in [3.8, 4) is 0 Å². The highest BCUT2D eigenvalue weighted by Gasteiger charge is 2.34. The number of likely N-dealkylation sites (N-methyl/N-ethyl adjacent to an activating group) is 1. The van der Waals surface area contributed by atoms with Gasteiger partial charge in [-0.3, -0.25) is 9.59 Å². The second-order valence-corrected chi connectivity index (χ2v) is 9.87. The first-order valence-corrected chi connectivity index (χ1v) is 12.0. The average Bonchev–Trinajstić information content (AvgIpc) is 2.78. The van der Waals surface area contributed by atoms with Crippen LogP contribution in [-0.4, -0.2) is 63.2 Å². The summed E-state index contributed by atoms with van der Waals surface area (Å²) in [6.45, 7) is 0.995. The van der Waals surface area contributed by atoms with Crippen LogP contribution in [0.15, 0.2) is 48.5 Å². The van der Waals surface area contributed by atoms with Gasteiger partial charge in [0.1, 0.15) is 18.4 Å². The molecule has 0 aliphatic carbocycles. The minimum absolute atomic E-state index is 0.0302. The van der Waals surface area contributed by atoms with Crippen LogP contribution in [0.5, 0.6) is 0 Å². The van der Waals surface area contributed by atoms with Crippen LogP contribution in [0.25, 0.3) is 0 Å². The topological polar surface area (TPSA) is 90.0 Å². The predicted molar refractivity (Wildman–Crippen MR) is 127 cm³/mol. The highest BCUT2D eigenvalue weighted by molar-refractivity contribution is 7.90. The third-order valence-electron chi connectivity index (χ3n) is 5.07. The molecule has 2 amide bonds. The summed E-state index contributed by atoms with van der Waals surface area (Å²) in [5, 5.41) is 2.93. The van der Waals surface area contributed by atoms with Gasteiger partial charge in [0.2, 0.25) is 11.8 Å². The zero-order valence-corrected chi connectivity index (χ0v) is 20.5. The molecule has 0 bridgehead atoms. The molecular weight excluding hydrogens is 471 g/mol. The molecule has 0 saturated carbocycles. The van der Waals surface area contributed by atoms with Crippen molar-refractivity contribution in [2.75, 3.05) is 32.0 Å². The molecule has 0 aliphatic rings. The number of benzene rings is 2. The summed E-state index contributed by atoms with van der Waals surface area (Å²) in [6, 6.07) is 11.2. The summed E-state index contributed by atoms with van der Waals surface area (Å²) in [7, 11) is -0.208. The first-order valence-electron chi connectivity index (χ1n) is 10.2. The fourth-order valence-corrected chi connectivity index (χ4v) is 4.51. The van der Waals surface area contributed by atoms with Crippen molar-refractivity contribution in [2.45, 2.75) is 25.9 Å². The molecule has 0 fully saturated rings. The number of hydrogen-bond donors (Lipinski definition) is 1. The lowest BCUT2D eigenvalue weighted by Gasteiger charge is -2.33. The number of rotatable bonds is 10. The van der Waals surface area contributed by atoms with E-state index in [9.17, 15) is 22.4 Å². The largest absolute Gasteiger partial charge is 0.357 e. The van der Waals surface area contributed by atoms with E-state index in [4.69, 9.17) is 11.6 Å². The van der Waals surface area contributed by atoms with Crippen LogP contribution in [-0.2, 0) is 26.3 Å². The third-order valence-corrected chi connectivity index (χ3v) is 7.25. The molecule has 0 radical (unpaired) electrons. The minimum atomic E-state index is -4.23. The Morgan fingerprint density at radius 2 is 1.70 bits per heavy atom. The molecule has 0 spiro atoms. The van der Waals surface area contributed by atoms with E-state index in [1.54, 1.807) is 31.2 Å². The Balaban J connectivity index is 2.53. The third kappa shape index (κ3) is 6.21. The van der Waals surface area contributed by atoms with Crippen molar-refractivity contribution in [3.63, 3.8) is 0 Å². The maximum atomic E-state index is 14.6. The molecule has 8 nitrogen and oxygen atoms in total. The van der Waals surface area contributed by atoms with E-state index in [-0.39, 0.29) is 18.7 Å². The van der Waals surface area contributed by atoms with E-state index in [1.807, 2.05) is 0 Å². The number of nitrogens with zero attached hydrogens (tertiary/aromatic N) is 3. The van der Waals surface area contributed by atoms with E-state index in [1.165, 1.54) is 44.2 Å². The van der Waals surface area contributed by atoms with Crippen molar-refractivity contribution in [3.05, 3.63) is 64.9 Å². The lowest BCUT2D eigenvalue weighted by molar-refractivity contribution is -0.140. The van der Waals surface area contributed by atoms with Crippen LogP contribution in [0.2, 0.25) is 5.02 Å². The van der Waals surface area contributed by atoms with Crippen molar-refractivity contribution in [1.29, 1.82) is 0 Å². The fraction of sp³-hybridized carbons (Fsp3) is 0.364. The van der Waals surface area contributed by atoms with Crippen LogP contribution in [0.3, 0.4) is 0 Å². The molecule has 2 aromatic carbocycles. The quantitative estimate of drug-likeness (QED) is 0.545. The number of halogens is 2. The van der Waals surface area contributed by atoms with Crippen molar-refractivity contribution in [1.82, 2.24) is 14.5 Å². The Kier molecular flexibility index (Phi) is 9.21.